The van der Waals surface area contributed by atoms with Crippen molar-refractivity contribution in [2.75, 3.05) is 0 Å². The smallest absolute Gasteiger partial charge is 0.118 e. The van der Waals surface area contributed by atoms with Crippen LogP contribution in [-0.2, 0) is 0 Å². The molecule has 0 spiro atoms. The summed E-state index contributed by atoms with van der Waals surface area (Å²) < 4.78 is 13.2. The van der Waals surface area contributed by atoms with Gasteiger partial charge in [-0.25, -0.2) is 4.39 Å². The van der Waals surface area contributed by atoms with Crippen molar-refractivity contribution in [1.29, 1.82) is 0 Å². The zero-order chi connectivity index (χ0) is 8.65. The average molecular weight is 159 g/mol. The molecule has 0 amide bonds. The van der Waals surface area contributed by atoms with Gasteiger partial charge in [0, 0.05) is 6.04 Å². The Morgan fingerprint density at radius 3 is 2.36 bits per heavy atom. The van der Waals surface area contributed by atoms with Gasteiger partial charge >= 0.3 is 0 Å². The van der Waals surface area contributed by atoms with Crippen LogP contribution < -0.4 is 5.73 Å². The Morgan fingerprint density at radius 2 is 1.91 bits per heavy atom. The molecule has 3 atom stereocenters. The largest absolute Gasteiger partial charge is 0.325 e. The molecule has 1 aliphatic rings. The summed E-state index contributed by atoms with van der Waals surface area (Å²) in [5.74, 6) is 0.133. The second-order valence-corrected chi connectivity index (χ2v) is 4.66. The van der Waals surface area contributed by atoms with E-state index in [0.717, 1.165) is 12.8 Å². The molecule has 0 aromatic carbocycles. The average Bonchev–Trinajstić information content (AvgIpc) is 1.81. The number of hydrogen-bond donors (Lipinski definition) is 1. The maximum atomic E-state index is 13.2. The van der Waals surface area contributed by atoms with Gasteiger partial charge < -0.3 is 5.73 Å². The maximum Gasteiger partial charge on any atom is 0.118 e. The predicted molar refractivity (Wildman–Crippen MR) is 45.1 cm³/mol. The summed E-state index contributed by atoms with van der Waals surface area (Å²) in [4.78, 5) is 0. The van der Waals surface area contributed by atoms with Crippen molar-refractivity contribution < 1.29 is 4.39 Å². The van der Waals surface area contributed by atoms with Crippen molar-refractivity contribution in [2.45, 2.75) is 45.8 Å². The van der Waals surface area contributed by atoms with E-state index in [0.29, 0.717) is 0 Å². The molecule has 66 valence electrons. The molecular formula is C9H18FN. The van der Waals surface area contributed by atoms with Crippen molar-refractivity contribution in [3.05, 3.63) is 0 Å². The molecule has 0 aromatic heterocycles. The number of alkyl halides is 1. The first-order valence-corrected chi connectivity index (χ1v) is 4.32. The van der Waals surface area contributed by atoms with Crippen LogP contribution in [0.25, 0.3) is 0 Å². The van der Waals surface area contributed by atoms with Crippen molar-refractivity contribution >= 4 is 0 Å². The van der Waals surface area contributed by atoms with E-state index >= 15 is 0 Å². The summed E-state index contributed by atoms with van der Waals surface area (Å²) >= 11 is 0. The van der Waals surface area contributed by atoms with Gasteiger partial charge in [-0.1, -0.05) is 20.8 Å². The first-order chi connectivity index (χ1) is 4.92. The molecule has 1 fully saturated rings. The van der Waals surface area contributed by atoms with E-state index < -0.39 is 6.17 Å². The number of rotatable bonds is 0. The lowest BCUT2D eigenvalue weighted by atomic mass is 9.70. The molecule has 1 nitrogen and oxygen atoms in total. The van der Waals surface area contributed by atoms with Crippen LogP contribution in [0.2, 0.25) is 0 Å². The molecule has 0 heterocycles. The van der Waals surface area contributed by atoms with Gasteiger partial charge in [0.1, 0.15) is 6.17 Å². The van der Waals surface area contributed by atoms with Crippen LogP contribution >= 0.6 is 0 Å². The molecule has 0 radical (unpaired) electrons. The normalized spacial score (nSPS) is 43.9. The highest BCUT2D eigenvalue weighted by atomic mass is 19.1. The minimum Gasteiger partial charge on any atom is -0.325 e. The third-order valence-corrected chi connectivity index (χ3v) is 2.62. The predicted octanol–water partition coefficient (Wildman–Crippen LogP) is 2.11. The van der Waals surface area contributed by atoms with Crippen LogP contribution in [-0.4, -0.2) is 12.2 Å². The van der Waals surface area contributed by atoms with Gasteiger partial charge in [0.25, 0.3) is 0 Å². The van der Waals surface area contributed by atoms with Gasteiger partial charge in [0.2, 0.25) is 0 Å². The highest BCUT2D eigenvalue weighted by Gasteiger charge is 2.37. The van der Waals surface area contributed by atoms with Crippen molar-refractivity contribution in [3.8, 4) is 0 Å². The number of nitrogens with two attached hydrogens (primary N) is 1. The Hall–Kier alpha value is -0.110. The lowest BCUT2D eigenvalue weighted by molar-refractivity contribution is 0.0736. The van der Waals surface area contributed by atoms with Crippen LogP contribution in [0.3, 0.4) is 0 Å². The second kappa shape index (κ2) is 2.74. The number of halogens is 1. The molecule has 1 rings (SSSR count). The lowest BCUT2D eigenvalue weighted by Crippen LogP contribution is -2.45. The van der Waals surface area contributed by atoms with Gasteiger partial charge in [-0.2, -0.15) is 0 Å². The van der Waals surface area contributed by atoms with Crippen molar-refractivity contribution in [1.82, 2.24) is 0 Å². The molecule has 0 aromatic rings. The van der Waals surface area contributed by atoms with E-state index in [1.807, 2.05) is 6.92 Å². The standard InChI is InChI=1S/C9H18FN/c1-6-4-9(2,3)5-7(11)8(6)10/h6-8H,4-5,11H2,1-3H3. The lowest BCUT2D eigenvalue weighted by Gasteiger charge is -2.39. The topological polar surface area (TPSA) is 26.0 Å². The monoisotopic (exact) mass is 159 g/mol. The maximum absolute atomic E-state index is 13.2. The summed E-state index contributed by atoms with van der Waals surface area (Å²) in [7, 11) is 0. The highest BCUT2D eigenvalue weighted by molar-refractivity contribution is 4.90. The second-order valence-electron chi connectivity index (χ2n) is 4.66. The van der Waals surface area contributed by atoms with Crippen LogP contribution in [0.1, 0.15) is 33.6 Å². The molecule has 0 bridgehead atoms. The molecule has 2 heteroatoms. The van der Waals surface area contributed by atoms with Gasteiger partial charge in [0.05, 0.1) is 0 Å². The van der Waals surface area contributed by atoms with Gasteiger partial charge in [0.15, 0.2) is 0 Å². The third kappa shape index (κ3) is 1.92. The van der Waals surface area contributed by atoms with Crippen molar-refractivity contribution in [3.63, 3.8) is 0 Å². The van der Waals surface area contributed by atoms with E-state index in [2.05, 4.69) is 13.8 Å². The summed E-state index contributed by atoms with van der Waals surface area (Å²) in [6, 6.07) is -0.242. The Kier molecular flexibility index (Phi) is 2.24. The summed E-state index contributed by atoms with van der Waals surface area (Å²) in [5, 5.41) is 0. The van der Waals surface area contributed by atoms with Crippen LogP contribution in [0, 0.1) is 11.3 Å². The Labute approximate surface area is 68.2 Å². The Bertz CT molecular complexity index is 130. The SMILES string of the molecule is CC1CC(C)(C)CC(N)C1F. The fraction of sp³-hybridized carbons (Fsp3) is 1.00. The zero-order valence-electron chi connectivity index (χ0n) is 7.60. The van der Waals surface area contributed by atoms with Crippen LogP contribution in [0.15, 0.2) is 0 Å². The van der Waals surface area contributed by atoms with Gasteiger partial charge in [-0.3, -0.25) is 0 Å². The van der Waals surface area contributed by atoms with Crippen LogP contribution in [0.5, 0.6) is 0 Å². The Morgan fingerprint density at radius 1 is 1.36 bits per heavy atom. The molecule has 0 aliphatic heterocycles. The fourth-order valence-electron chi connectivity index (χ4n) is 2.24. The third-order valence-electron chi connectivity index (χ3n) is 2.62. The summed E-state index contributed by atoms with van der Waals surface area (Å²) in [6.45, 7) is 6.27. The molecule has 3 unspecified atom stereocenters. The quantitative estimate of drug-likeness (QED) is 0.575. The Balaban J connectivity index is 2.62. The van der Waals surface area contributed by atoms with E-state index in [9.17, 15) is 4.39 Å². The molecular weight excluding hydrogens is 141 g/mol. The molecule has 2 N–H and O–H groups in total. The summed E-state index contributed by atoms with van der Waals surface area (Å²) in [5.41, 5.74) is 5.91. The van der Waals surface area contributed by atoms with E-state index in [4.69, 9.17) is 5.73 Å². The zero-order valence-corrected chi connectivity index (χ0v) is 7.60. The number of hydrogen-bond acceptors (Lipinski definition) is 1. The fourth-order valence-corrected chi connectivity index (χ4v) is 2.24. The first kappa shape index (κ1) is 8.98. The minimum absolute atomic E-state index is 0.133. The minimum atomic E-state index is -0.789. The van der Waals surface area contributed by atoms with Gasteiger partial charge in [-0.05, 0) is 24.2 Å². The van der Waals surface area contributed by atoms with Crippen LogP contribution in [0.4, 0.5) is 4.39 Å². The van der Waals surface area contributed by atoms with Crippen molar-refractivity contribution in [2.24, 2.45) is 17.1 Å². The first-order valence-electron chi connectivity index (χ1n) is 4.32. The van der Waals surface area contributed by atoms with E-state index in [1.165, 1.54) is 0 Å². The highest BCUT2D eigenvalue weighted by Crippen LogP contribution is 2.39. The van der Waals surface area contributed by atoms with E-state index in [-0.39, 0.29) is 17.4 Å². The van der Waals surface area contributed by atoms with E-state index in [1.54, 1.807) is 0 Å². The molecule has 1 aliphatic carbocycles. The molecule has 0 saturated heterocycles. The molecule has 1 saturated carbocycles. The summed E-state index contributed by atoms with van der Waals surface area (Å²) in [6.07, 6.45) is 0.989. The van der Waals surface area contributed by atoms with Gasteiger partial charge in [-0.15, -0.1) is 0 Å². The molecule has 11 heavy (non-hydrogen) atoms.